The zero-order chi connectivity index (χ0) is 23.1. The number of rotatable bonds is 9. The zero-order valence-electron chi connectivity index (χ0n) is 18.9. The molecule has 3 rings (SSSR count). The number of sulfonamides is 1. The lowest BCUT2D eigenvalue weighted by atomic mass is 9.98. The number of ether oxygens (including phenoxy) is 2. The van der Waals surface area contributed by atoms with Gasteiger partial charge in [0.05, 0.1) is 25.0 Å². The molecule has 8 heteroatoms. The first-order chi connectivity index (χ1) is 15.3. The minimum atomic E-state index is -3.74. The monoisotopic (exact) mass is 460 g/mol. The van der Waals surface area contributed by atoms with E-state index in [2.05, 4.69) is 17.4 Å². The van der Waals surface area contributed by atoms with Gasteiger partial charge in [-0.05, 0) is 50.3 Å². The van der Waals surface area contributed by atoms with Crippen molar-refractivity contribution in [1.29, 1.82) is 0 Å². The molecule has 7 nitrogen and oxygen atoms in total. The fourth-order valence-corrected chi connectivity index (χ4v) is 5.50. The molecule has 0 saturated carbocycles. The van der Waals surface area contributed by atoms with E-state index in [1.54, 1.807) is 6.07 Å². The maximum absolute atomic E-state index is 13.2. The van der Waals surface area contributed by atoms with E-state index >= 15 is 0 Å². The maximum Gasteiger partial charge on any atom is 0.243 e. The second kappa shape index (κ2) is 10.8. The maximum atomic E-state index is 13.2. The smallest absolute Gasteiger partial charge is 0.243 e. The summed E-state index contributed by atoms with van der Waals surface area (Å²) in [6, 6.07) is 14.7. The van der Waals surface area contributed by atoms with Crippen molar-refractivity contribution >= 4 is 15.9 Å². The van der Waals surface area contributed by atoms with Crippen molar-refractivity contribution in [3.63, 3.8) is 0 Å². The second-order valence-corrected chi connectivity index (χ2v) is 10.1. The molecule has 1 aliphatic heterocycles. The van der Waals surface area contributed by atoms with Crippen LogP contribution >= 0.6 is 0 Å². The summed E-state index contributed by atoms with van der Waals surface area (Å²) in [5.74, 6) is 0.370. The number of benzene rings is 2. The highest BCUT2D eigenvalue weighted by molar-refractivity contribution is 7.89. The lowest BCUT2D eigenvalue weighted by Crippen LogP contribution is -2.47. The van der Waals surface area contributed by atoms with Gasteiger partial charge in [0.15, 0.2) is 11.5 Å². The topological polar surface area (TPSA) is 84.9 Å². The van der Waals surface area contributed by atoms with Crippen molar-refractivity contribution < 1.29 is 22.7 Å². The molecule has 2 aromatic rings. The summed E-state index contributed by atoms with van der Waals surface area (Å²) in [4.78, 5) is 13.0. The normalized spacial score (nSPS) is 18.0. The van der Waals surface area contributed by atoms with Crippen LogP contribution in [0.2, 0.25) is 0 Å². The van der Waals surface area contributed by atoms with Crippen molar-refractivity contribution in [1.82, 2.24) is 9.62 Å². The Morgan fingerprint density at radius 3 is 2.53 bits per heavy atom. The number of nitrogens with one attached hydrogen (secondary N) is 1. The molecule has 0 bridgehead atoms. The van der Waals surface area contributed by atoms with Crippen LogP contribution in [0, 0.1) is 5.92 Å². The van der Waals surface area contributed by atoms with E-state index in [9.17, 15) is 13.2 Å². The molecule has 0 spiro atoms. The van der Waals surface area contributed by atoms with Crippen LogP contribution < -0.4 is 14.8 Å². The van der Waals surface area contributed by atoms with E-state index in [1.165, 1.54) is 36.2 Å². The molecule has 1 heterocycles. The highest BCUT2D eigenvalue weighted by Crippen LogP contribution is 2.32. The van der Waals surface area contributed by atoms with E-state index in [4.69, 9.17) is 9.47 Å². The van der Waals surface area contributed by atoms with Gasteiger partial charge in [0, 0.05) is 25.2 Å². The SMILES string of the molecule is COc1ccc(S(=O)(=O)N2CCC[C@@H](C(=O)N[C@@H](C)CCc3ccccc3)C2)cc1OC. The van der Waals surface area contributed by atoms with Gasteiger partial charge in [-0.15, -0.1) is 0 Å². The van der Waals surface area contributed by atoms with Gasteiger partial charge in [-0.3, -0.25) is 4.79 Å². The number of piperidine rings is 1. The zero-order valence-corrected chi connectivity index (χ0v) is 19.7. The molecule has 1 amide bonds. The molecule has 174 valence electrons. The van der Waals surface area contributed by atoms with Crippen molar-refractivity contribution in [2.75, 3.05) is 27.3 Å². The number of carbonyl (C=O) groups is 1. The molecular weight excluding hydrogens is 428 g/mol. The molecule has 1 fully saturated rings. The summed E-state index contributed by atoms with van der Waals surface area (Å²) in [6.07, 6.45) is 3.03. The third-order valence-corrected chi connectivity index (χ3v) is 7.71. The molecule has 0 unspecified atom stereocenters. The quantitative estimate of drug-likeness (QED) is 0.621. The predicted octanol–water partition coefficient (Wildman–Crippen LogP) is 3.24. The van der Waals surface area contributed by atoms with E-state index in [0.29, 0.717) is 30.9 Å². The molecule has 0 aromatic heterocycles. The van der Waals surface area contributed by atoms with Crippen LogP contribution in [0.4, 0.5) is 0 Å². The highest BCUT2D eigenvalue weighted by Gasteiger charge is 2.34. The standard InChI is InChI=1S/C24H32N2O5S/c1-18(11-12-19-8-5-4-6-9-19)25-24(27)20-10-7-15-26(17-20)32(28,29)21-13-14-22(30-2)23(16-21)31-3/h4-6,8-9,13-14,16,18,20H,7,10-12,15,17H2,1-3H3,(H,25,27)/t18-,20+/m0/s1. The Morgan fingerprint density at radius 2 is 1.84 bits per heavy atom. The Hall–Kier alpha value is -2.58. The minimum Gasteiger partial charge on any atom is -0.493 e. The van der Waals surface area contributed by atoms with Crippen LogP contribution in [0.15, 0.2) is 53.4 Å². The number of carbonyl (C=O) groups excluding carboxylic acids is 1. The number of aryl methyl sites for hydroxylation is 1. The van der Waals surface area contributed by atoms with Crippen molar-refractivity contribution in [2.45, 2.75) is 43.5 Å². The van der Waals surface area contributed by atoms with Crippen LogP contribution in [0.3, 0.4) is 0 Å². The molecule has 2 atom stereocenters. The highest BCUT2D eigenvalue weighted by atomic mass is 32.2. The molecule has 2 aromatic carbocycles. The third kappa shape index (κ3) is 5.81. The molecular formula is C24H32N2O5S. The van der Waals surface area contributed by atoms with Gasteiger partial charge < -0.3 is 14.8 Å². The summed E-state index contributed by atoms with van der Waals surface area (Å²) in [7, 11) is -0.776. The summed E-state index contributed by atoms with van der Waals surface area (Å²) in [5, 5.41) is 3.07. The van der Waals surface area contributed by atoms with Gasteiger partial charge in [0.1, 0.15) is 0 Å². The lowest BCUT2D eigenvalue weighted by molar-refractivity contribution is -0.126. The Bertz CT molecular complexity index is 1010. The third-order valence-electron chi connectivity index (χ3n) is 5.85. The lowest BCUT2D eigenvalue weighted by Gasteiger charge is -2.32. The van der Waals surface area contributed by atoms with Gasteiger partial charge in [0.2, 0.25) is 15.9 Å². The molecule has 1 aliphatic rings. The number of amides is 1. The van der Waals surface area contributed by atoms with Crippen LogP contribution in [0.25, 0.3) is 0 Å². The van der Waals surface area contributed by atoms with Gasteiger partial charge >= 0.3 is 0 Å². The first-order valence-electron chi connectivity index (χ1n) is 10.9. The molecule has 1 saturated heterocycles. The number of nitrogens with zero attached hydrogens (tertiary/aromatic N) is 1. The fraction of sp³-hybridized carbons (Fsp3) is 0.458. The fourth-order valence-electron chi connectivity index (χ4n) is 3.96. The Labute approximate surface area is 190 Å². The van der Waals surface area contributed by atoms with Crippen LogP contribution in [0.5, 0.6) is 11.5 Å². The van der Waals surface area contributed by atoms with Crippen LogP contribution in [0.1, 0.15) is 31.7 Å². The summed E-state index contributed by atoms with van der Waals surface area (Å²) < 4.78 is 38.2. The Morgan fingerprint density at radius 1 is 1.12 bits per heavy atom. The average molecular weight is 461 g/mol. The Balaban J connectivity index is 1.62. The number of hydrogen-bond acceptors (Lipinski definition) is 5. The number of methoxy groups -OCH3 is 2. The van der Waals surface area contributed by atoms with Crippen LogP contribution in [-0.2, 0) is 21.2 Å². The van der Waals surface area contributed by atoms with E-state index < -0.39 is 10.0 Å². The van der Waals surface area contributed by atoms with Gasteiger partial charge in [-0.2, -0.15) is 4.31 Å². The van der Waals surface area contributed by atoms with Gasteiger partial charge in [-0.1, -0.05) is 30.3 Å². The number of hydrogen-bond donors (Lipinski definition) is 1. The molecule has 0 radical (unpaired) electrons. The molecule has 32 heavy (non-hydrogen) atoms. The largest absolute Gasteiger partial charge is 0.493 e. The van der Waals surface area contributed by atoms with Crippen LogP contribution in [-0.4, -0.2) is 52.0 Å². The Kier molecular flexibility index (Phi) is 8.15. The molecule has 1 N–H and O–H groups in total. The van der Waals surface area contributed by atoms with E-state index in [1.807, 2.05) is 25.1 Å². The van der Waals surface area contributed by atoms with Crippen molar-refractivity contribution in [2.24, 2.45) is 5.92 Å². The molecule has 0 aliphatic carbocycles. The van der Waals surface area contributed by atoms with E-state index in [-0.39, 0.29) is 29.3 Å². The first-order valence-corrected chi connectivity index (χ1v) is 12.4. The average Bonchev–Trinajstić information content (AvgIpc) is 2.83. The minimum absolute atomic E-state index is 0.0144. The first kappa shape index (κ1) is 24.1. The summed E-state index contributed by atoms with van der Waals surface area (Å²) >= 11 is 0. The van der Waals surface area contributed by atoms with Crippen molar-refractivity contribution in [3.05, 3.63) is 54.1 Å². The van der Waals surface area contributed by atoms with Gasteiger partial charge in [-0.25, -0.2) is 8.42 Å². The van der Waals surface area contributed by atoms with Crippen molar-refractivity contribution in [3.8, 4) is 11.5 Å². The predicted molar refractivity (Wildman–Crippen MR) is 123 cm³/mol. The second-order valence-electron chi connectivity index (χ2n) is 8.15. The summed E-state index contributed by atoms with van der Waals surface area (Å²) in [6.45, 7) is 2.56. The van der Waals surface area contributed by atoms with E-state index in [0.717, 1.165) is 12.8 Å². The van der Waals surface area contributed by atoms with Gasteiger partial charge in [0.25, 0.3) is 0 Å². The summed E-state index contributed by atoms with van der Waals surface area (Å²) in [5.41, 5.74) is 1.23.